The summed E-state index contributed by atoms with van der Waals surface area (Å²) in [4.78, 5) is 15.5. The first-order chi connectivity index (χ1) is 8.60. The van der Waals surface area contributed by atoms with E-state index in [1.807, 2.05) is 0 Å². The molecule has 0 aromatic carbocycles. The summed E-state index contributed by atoms with van der Waals surface area (Å²) in [6, 6.07) is 2.47. The van der Waals surface area contributed by atoms with Crippen molar-refractivity contribution in [3.05, 3.63) is 41.6 Å². The highest BCUT2D eigenvalue weighted by atomic mass is 19.1. The molecule has 3 N–H and O–H groups in total. The third-order valence-electron chi connectivity index (χ3n) is 2.32. The van der Waals surface area contributed by atoms with Crippen LogP contribution in [0.2, 0.25) is 0 Å². The van der Waals surface area contributed by atoms with Gasteiger partial charge in [0.2, 0.25) is 0 Å². The van der Waals surface area contributed by atoms with Crippen molar-refractivity contribution in [1.29, 1.82) is 0 Å². The third-order valence-corrected chi connectivity index (χ3v) is 2.32. The fraction of sp³-hybridized carbons (Fsp3) is 0.182. The fourth-order valence-electron chi connectivity index (χ4n) is 1.47. The monoisotopic (exact) mass is 249 g/mol. The first-order valence-corrected chi connectivity index (χ1v) is 5.25. The van der Waals surface area contributed by atoms with E-state index in [0.29, 0.717) is 11.4 Å². The Morgan fingerprint density at radius 2 is 2.33 bits per heavy atom. The van der Waals surface area contributed by atoms with E-state index >= 15 is 0 Å². The van der Waals surface area contributed by atoms with E-state index in [2.05, 4.69) is 15.4 Å². The molecule has 2 aromatic rings. The zero-order chi connectivity index (χ0) is 13.1. The number of nitrogens with zero attached hydrogens (tertiary/aromatic N) is 3. The Kier molecular flexibility index (Phi) is 3.33. The van der Waals surface area contributed by atoms with Crippen LogP contribution in [0.3, 0.4) is 0 Å². The maximum Gasteiger partial charge on any atom is 0.275 e. The summed E-state index contributed by atoms with van der Waals surface area (Å²) >= 11 is 0. The van der Waals surface area contributed by atoms with Gasteiger partial charge < -0.3 is 11.1 Å². The van der Waals surface area contributed by atoms with Crippen LogP contribution >= 0.6 is 0 Å². The summed E-state index contributed by atoms with van der Waals surface area (Å²) in [5.74, 6) is -0.563. The van der Waals surface area contributed by atoms with Crippen LogP contribution < -0.4 is 11.1 Å². The number of nitrogens with one attached hydrogen (secondary N) is 1. The third kappa shape index (κ3) is 2.51. The molecule has 0 radical (unpaired) electrons. The quantitative estimate of drug-likeness (QED) is 0.837. The van der Waals surface area contributed by atoms with Crippen molar-refractivity contribution in [3.8, 4) is 0 Å². The highest BCUT2D eigenvalue weighted by Gasteiger charge is 2.12. The Balaban J connectivity index is 2.18. The van der Waals surface area contributed by atoms with Crippen molar-refractivity contribution in [1.82, 2.24) is 14.8 Å². The average molecular weight is 249 g/mol. The molecule has 0 aliphatic heterocycles. The zero-order valence-electron chi connectivity index (χ0n) is 9.72. The lowest BCUT2D eigenvalue weighted by molar-refractivity contribution is 0.102. The SMILES string of the molecule is Cn1cc(CN)c(NC(=O)c2ccc(F)cn2)n1. The second kappa shape index (κ2) is 4.92. The van der Waals surface area contributed by atoms with Gasteiger partial charge in [0.15, 0.2) is 5.82 Å². The van der Waals surface area contributed by atoms with Gasteiger partial charge in [-0.3, -0.25) is 9.48 Å². The lowest BCUT2D eigenvalue weighted by atomic mass is 10.3. The molecule has 0 spiro atoms. The van der Waals surface area contributed by atoms with E-state index in [-0.39, 0.29) is 12.2 Å². The smallest absolute Gasteiger partial charge is 0.275 e. The maximum absolute atomic E-state index is 12.7. The molecule has 0 aliphatic carbocycles. The van der Waals surface area contributed by atoms with Crippen LogP contribution in [0, 0.1) is 5.82 Å². The van der Waals surface area contributed by atoms with Crippen LogP contribution in [0.15, 0.2) is 24.5 Å². The number of halogens is 1. The van der Waals surface area contributed by atoms with E-state index in [9.17, 15) is 9.18 Å². The fourth-order valence-corrected chi connectivity index (χ4v) is 1.47. The van der Waals surface area contributed by atoms with E-state index in [1.54, 1.807) is 17.9 Å². The van der Waals surface area contributed by atoms with Gasteiger partial charge >= 0.3 is 0 Å². The first-order valence-electron chi connectivity index (χ1n) is 5.25. The van der Waals surface area contributed by atoms with E-state index in [4.69, 9.17) is 5.73 Å². The van der Waals surface area contributed by atoms with Crippen LogP contribution in [-0.4, -0.2) is 20.7 Å². The average Bonchev–Trinajstić information content (AvgIpc) is 2.70. The second-order valence-corrected chi connectivity index (χ2v) is 3.70. The Bertz CT molecular complexity index is 563. The van der Waals surface area contributed by atoms with Gasteiger partial charge in [-0.05, 0) is 12.1 Å². The molecular weight excluding hydrogens is 237 g/mol. The van der Waals surface area contributed by atoms with Gasteiger partial charge in [-0.25, -0.2) is 9.37 Å². The van der Waals surface area contributed by atoms with Crippen molar-refractivity contribution in [2.45, 2.75) is 6.54 Å². The van der Waals surface area contributed by atoms with Crippen molar-refractivity contribution in [2.75, 3.05) is 5.32 Å². The Morgan fingerprint density at radius 1 is 1.56 bits per heavy atom. The highest BCUT2D eigenvalue weighted by molar-refractivity contribution is 6.02. The summed E-state index contributed by atoms with van der Waals surface area (Å²) < 4.78 is 14.2. The minimum absolute atomic E-state index is 0.116. The van der Waals surface area contributed by atoms with Gasteiger partial charge in [0, 0.05) is 25.4 Å². The van der Waals surface area contributed by atoms with Gasteiger partial charge in [-0.2, -0.15) is 5.10 Å². The molecule has 0 unspecified atom stereocenters. The van der Waals surface area contributed by atoms with Crippen LogP contribution in [-0.2, 0) is 13.6 Å². The molecule has 94 valence electrons. The van der Waals surface area contributed by atoms with Crippen molar-refractivity contribution < 1.29 is 9.18 Å². The number of nitrogens with two attached hydrogens (primary N) is 1. The molecule has 1 amide bonds. The summed E-state index contributed by atoms with van der Waals surface area (Å²) in [7, 11) is 1.73. The lowest BCUT2D eigenvalue weighted by Crippen LogP contribution is -2.15. The molecule has 7 heteroatoms. The topological polar surface area (TPSA) is 85.8 Å². The predicted molar refractivity (Wildman–Crippen MR) is 63.2 cm³/mol. The minimum Gasteiger partial charge on any atom is -0.326 e. The van der Waals surface area contributed by atoms with Crippen LogP contribution in [0.5, 0.6) is 0 Å². The zero-order valence-corrected chi connectivity index (χ0v) is 9.72. The van der Waals surface area contributed by atoms with E-state index in [1.165, 1.54) is 12.1 Å². The van der Waals surface area contributed by atoms with Crippen LogP contribution in [0.1, 0.15) is 16.1 Å². The second-order valence-electron chi connectivity index (χ2n) is 3.70. The predicted octanol–water partition coefficient (Wildman–Crippen LogP) is 0.665. The molecule has 2 aromatic heterocycles. The minimum atomic E-state index is -0.493. The van der Waals surface area contributed by atoms with E-state index in [0.717, 1.165) is 6.20 Å². The van der Waals surface area contributed by atoms with Crippen molar-refractivity contribution in [3.63, 3.8) is 0 Å². The number of aryl methyl sites for hydroxylation is 1. The Morgan fingerprint density at radius 3 is 2.94 bits per heavy atom. The standard InChI is InChI=1S/C11H12FN5O/c1-17-6-7(4-13)10(16-17)15-11(18)9-3-2-8(12)5-14-9/h2-3,5-6H,4,13H2,1H3,(H,15,16,18). The van der Waals surface area contributed by atoms with Gasteiger partial charge in [-0.15, -0.1) is 0 Å². The van der Waals surface area contributed by atoms with Gasteiger partial charge in [0.1, 0.15) is 11.5 Å². The highest BCUT2D eigenvalue weighted by Crippen LogP contribution is 2.12. The molecule has 0 fully saturated rings. The van der Waals surface area contributed by atoms with Gasteiger partial charge in [0.25, 0.3) is 5.91 Å². The molecule has 0 saturated carbocycles. The Hall–Kier alpha value is -2.28. The largest absolute Gasteiger partial charge is 0.326 e. The molecule has 0 bridgehead atoms. The molecule has 2 heterocycles. The summed E-state index contributed by atoms with van der Waals surface area (Å²) in [6.45, 7) is 0.264. The maximum atomic E-state index is 12.7. The molecule has 0 aliphatic rings. The number of amides is 1. The number of pyridine rings is 1. The Labute approximate surface area is 103 Å². The molecule has 6 nitrogen and oxygen atoms in total. The van der Waals surface area contributed by atoms with E-state index < -0.39 is 11.7 Å². The number of anilines is 1. The number of hydrogen-bond donors (Lipinski definition) is 2. The number of carbonyl (C=O) groups is 1. The lowest BCUT2D eigenvalue weighted by Gasteiger charge is -2.02. The van der Waals surface area contributed by atoms with Crippen LogP contribution in [0.25, 0.3) is 0 Å². The van der Waals surface area contributed by atoms with Crippen molar-refractivity contribution in [2.24, 2.45) is 12.8 Å². The number of aromatic nitrogens is 3. The van der Waals surface area contributed by atoms with Gasteiger partial charge in [-0.1, -0.05) is 0 Å². The van der Waals surface area contributed by atoms with Crippen molar-refractivity contribution >= 4 is 11.7 Å². The normalized spacial score (nSPS) is 10.4. The summed E-state index contributed by atoms with van der Waals surface area (Å²) in [5.41, 5.74) is 6.36. The molecular formula is C11H12FN5O. The first kappa shape index (κ1) is 12.2. The summed E-state index contributed by atoms with van der Waals surface area (Å²) in [6.07, 6.45) is 2.70. The molecule has 0 atom stereocenters. The molecule has 18 heavy (non-hydrogen) atoms. The number of carbonyl (C=O) groups excluding carboxylic acids is 1. The molecule has 0 saturated heterocycles. The number of rotatable bonds is 3. The van der Waals surface area contributed by atoms with Gasteiger partial charge in [0.05, 0.1) is 6.20 Å². The molecule has 2 rings (SSSR count). The van der Waals surface area contributed by atoms with Crippen LogP contribution in [0.4, 0.5) is 10.2 Å². The number of hydrogen-bond acceptors (Lipinski definition) is 4. The summed E-state index contributed by atoms with van der Waals surface area (Å²) in [5, 5.41) is 6.65.